The van der Waals surface area contributed by atoms with Crippen LogP contribution < -0.4 is 4.74 Å². The van der Waals surface area contributed by atoms with E-state index >= 15 is 0 Å². The molecule has 0 aliphatic heterocycles. The van der Waals surface area contributed by atoms with Gasteiger partial charge in [-0.3, -0.25) is 4.98 Å². The molecule has 0 spiro atoms. The Labute approximate surface area is 67.4 Å². The first kappa shape index (κ1) is 9.88. The molecule has 3 heteroatoms. The molecule has 1 rings (SSSR count). The van der Waals surface area contributed by atoms with Crippen molar-refractivity contribution in [1.29, 1.82) is 0 Å². The molecule has 0 fully saturated rings. The third-order valence-corrected chi connectivity index (χ3v) is 1.03. The monoisotopic (exact) mass is 154 g/mol. The zero-order valence-electron chi connectivity index (χ0n) is 7.46. The Balaban J connectivity index is 0.000000461. The fraction of sp³-hybridized carbons (Fsp3) is 0.500. The summed E-state index contributed by atoms with van der Waals surface area (Å²) in [5, 5.41) is 0. The predicted molar refractivity (Wildman–Crippen MR) is 44.7 cm³/mol. The Hall–Kier alpha value is -1.12. The molecule has 62 valence electrons. The van der Waals surface area contributed by atoms with Crippen molar-refractivity contribution < 1.29 is 4.74 Å². The number of aryl methyl sites for hydroxylation is 1. The van der Waals surface area contributed by atoms with Crippen LogP contribution in [0.2, 0.25) is 0 Å². The van der Waals surface area contributed by atoms with Crippen molar-refractivity contribution in [2.75, 3.05) is 7.11 Å². The number of methoxy groups -OCH3 is 1. The average Bonchev–Trinajstić information content (AvgIpc) is 2.09. The molecule has 0 radical (unpaired) electrons. The number of hydrogen-bond donors (Lipinski definition) is 0. The van der Waals surface area contributed by atoms with E-state index in [1.54, 1.807) is 19.5 Å². The highest BCUT2D eigenvalue weighted by Crippen LogP contribution is 2.06. The van der Waals surface area contributed by atoms with E-state index in [1.807, 2.05) is 20.8 Å². The zero-order valence-corrected chi connectivity index (χ0v) is 7.46. The molecule has 0 aliphatic carbocycles. The summed E-state index contributed by atoms with van der Waals surface area (Å²) in [5.74, 6) is 0.595. The minimum atomic E-state index is 0.595. The summed E-state index contributed by atoms with van der Waals surface area (Å²) >= 11 is 0. The van der Waals surface area contributed by atoms with Crippen molar-refractivity contribution >= 4 is 0 Å². The summed E-state index contributed by atoms with van der Waals surface area (Å²) in [5.41, 5.74) is 0.819. The second-order valence-corrected chi connectivity index (χ2v) is 1.65. The second kappa shape index (κ2) is 5.65. The van der Waals surface area contributed by atoms with Crippen LogP contribution >= 0.6 is 0 Å². The summed E-state index contributed by atoms with van der Waals surface area (Å²) in [4.78, 5) is 7.87. The highest BCUT2D eigenvalue weighted by atomic mass is 16.5. The van der Waals surface area contributed by atoms with E-state index in [4.69, 9.17) is 4.74 Å². The van der Waals surface area contributed by atoms with Crippen molar-refractivity contribution in [3.63, 3.8) is 0 Å². The van der Waals surface area contributed by atoms with Crippen molar-refractivity contribution in [2.24, 2.45) is 0 Å². The van der Waals surface area contributed by atoms with Gasteiger partial charge in [-0.1, -0.05) is 13.8 Å². The van der Waals surface area contributed by atoms with E-state index in [1.165, 1.54) is 0 Å². The van der Waals surface area contributed by atoms with E-state index in [0.29, 0.717) is 5.88 Å². The van der Waals surface area contributed by atoms with Gasteiger partial charge in [0.1, 0.15) is 0 Å². The van der Waals surface area contributed by atoms with Crippen LogP contribution in [-0.4, -0.2) is 17.1 Å². The average molecular weight is 154 g/mol. The summed E-state index contributed by atoms with van der Waals surface area (Å²) in [6.45, 7) is 5.85. The first-order valence-corrected chi connectivity index (χ1v) is 3.66. The van der Waals surface area contributed by atoms with Crippen molar-refractivity contribution in [3.05, 3.63) is 18.1 Å². The van der Waals surface area contributed by atoms with Crippen LogP contribution in [0.4, 0.5) is 0 Å². The Morgan fingerprint density at radius 3 is 2.09 bits per heavy atom. The minimum absolute atomic E-state index is 0.595. The van der Waals surface area contributed by atoms with Gasteiger partial charge in [-0.15, -0.1) is 0 Å². The molecule has 11 heavy (non-hydrogen) atoms. The largest absolute Gasteiger partial charge is 0.480 e. The summed E-state index contributed by atoms with van der Waals surface area (Å²) in [7, 11) is 1.58. The van der Waals surface area contributed by atoms with Crippen LogP contribution in [0.1, 0.15) is 19.5 Å². The van der Waals surface area contributed by atoms with E-state index in [9.17, 15) is 0 Å². The van der Waals surface area contributed by atoms with Crippen molar-refractivity contribution in [1.82, 2.24) is 9.97 Å². The Bertz CT molecular complexity index is 201. The van der Waals surface area contributed by atoms with Gasteiger partial charge in [0.25, 0.3) is 0 Å². The number of hydrogen-bond acceptors (Lipinski definition) is 3. The molecule has 0 amide bonds. The first-order valence-electron chi connectivity index (χ1n) is 3.66. The lowest BCUT2D eigenvalue weighted by molar-refractivity contribution is 0.391. The molecule has 1 aromatic rings. The van der Waals surface area contributed by atoms with Crippen LogP contribution in [0.15, 0.2) is 12.4 Å². The van der Waals surface area contributed by atoms with Gasteiger partial charge >= 0.3 is 0 Å². The number of nitrogens with zero attached hydrogens (tertiary/aromatic N) is 2. The fourth-order valence-corrected chi connectivity index (χ4v) is 0.595. The molecule has 1 aromatic heterocycles. The van der Waals surface area contributed by atoms with Crippen molar-refractivity contribution in [2.45, 2.75) is 20.8 Å². The summed E-state index contributed by atoms with van der Waals surface area (Å²) in [6, 6.07) is 0. The highest BCUT2D eigenvalue weighted by molar-refractivity contribution is 5.14. The molecule has 0 unspecified atom stereocenters. The Morgan fingerprint density at radius 1 is 1.18 bits per heavy atom. The van der Waals surface area contributed by atoms with Gasteiger partial charge in [0.15, 0.2) is 0 Å². The van der Waals surface area contributed by atoms with Gasteiger partial charge in [0.2, 0.25) is 5.88 Å². The number of ether oxygens (including phenoxy) is 1. The van der Waals surface area contributed by atoms with Gasteiger partial charge in [-0.2, -0.15) is 0 Å². The lowest BCUT2D eigenvalue weighted by atomic mass is 10.5. The van der Waals surface area contributed by atoms with Gasteiger partial charge in [-0.05, 0) is 6.92 Å². The first-order chi connectivity index (χ1) is 5.34. The lowest BCUT2D eigenvalue weighted by Gasteiger charge is -1.98. The lowest BCUT2D eigenvalue weighted by Crippen LogP contribution is -1.91. The van der Waals surface area contributed by atoms with E-state index in [2.05, 4.69) is 9.97 Å². The van der Waals surface area contributed by atoms with E-state index in [0.717, 1.165) is 5.69 Å². The molecular weight excluding hydrogens is 140 g/mol. The molecule has 0 bridgehead atoms. The Morgan fingerprint density at radius 2 is 1.73 bits per heavy atom. The molecule has 0 aliphatic rings. The normalized spacial score (nSPS) is 8.00. The fourth-order valence-electron chi connectivity index (χ4n) is 0.595. The van der Waals surface area contributed by atoms with Crippen LogP contribution in [0.3, 0.4) is 0 Å². The molecule has 0 aromatic carbocycles. The summed E-state index contributed by atoms with van der Waals surface area (Å²) < 4.78 is 4.87. The van der Waals surface area contributed by atoms with Crippen LogP contribution in [0.5, 0.6) is 5.88 Å². The zero-order chi connectivity index (χ0) is 8.69. The number of rotatable bonds is 1. The highest BCUT2D eigenvalue weighted by Gasteiger charge is 1.94. The molecular formula is C8H14N2O. The summed E-state index contributed by atoms with van der Waals surface area (Å²) in [6.07, 6.45) is 3.24. The molecule has 0 saturated heterocycles. The van der Waals surface area contributed by atoms with Gasteiger partial charge in [0, 0.05) is 12.4 Å². The molecule has 0 atom stereocenters. The van der Waals surface area contributed by atoms with Gasteiger partial charge in [-0.25, -0.2) is 4.98 Å². The topological polar surface area (TPSA) is 35.0 Å². The minimum Gasteiger partial charge on any atom is -0.480 e. The molecule has 3 nitrogen and oxygen atoms in total. The van der Waals surface area contributed by atoms with Gasteiger partial charge < -0.3 is 4.74 Å². The Kier molecular flexibility index (Phi) is 5.07. The van der Waals surface area contributed by atoms with Crippen molar-refractivity contribution in [3.8, 4) is 5.88 Å². The maximum Gasteiger partial charge on any atom is 0.235 e. The van der Waals surface area contributed by atoms with E-state index in [-0.39, 0.29) is 0 Å². The molecule has 1 heterocycles. The maximum absolute atomic E-state index is 4.87. The predicted octanol–water partition coefficient (Wildman–Crippen LogP) is 1.82. The third kappa shape index (κ3) is 2.98. The quantitative estimate of drug-likeness (QED) is 0.619. The van der Waals surface area contributed by atoms with E-state index < -0.39 is 0 Å². The standard InChI is InChI=1S/C6H8N2O.C2H6/c1-5-6(9-2)8-4-3-7-5;1-2/h3-4H,1-2H3;1-2H3. The third-order valence-electron chi connectivity index (χ3n) is 1.03. The SMILES string of the molecule is CC.COc1nccnc1C. The van der Waals surface area contributed by atoms with Gasteiger partial charge in [0.05, 0.1) is 12.8 Å². The molecule has 0 N–H and O–H groups in total. The number of aromatic nitrogens is 2. The maximum atomic E-state index is 4.87. The van der Waals surface area contributed by atoms with Crippen LogP contribution in [0, 0.1) is 6.92 Å². The van der Waals surface area contributed by atoms with Crippen LogP contribution in [-0.2, 0) is 0 Å². The second-order valence-electron chi connectivity index (χ2n) is 1.65. The van der Waals surface area contributed by atoms with Crippen LogP contribution in [0.25, 0.3) is 0 Å². The smallest absolute Gasteiger partial charge is 0.235 e. The molecule has 0 saturated carbocycles.